The van der Waals surface area contributed by atoms with E-state index in [9.17, 15) is 4.79 Å². The normalized spacial score (nSPS) is 17.7. The lowest BCUT2D eigenvalue weighted by molar-refractivity contribution is 0.0882. The van der Waals surface area contributed by atoms with Gasteiger partial charge in [0.25, 0.3) is 5.91 Å². The minimum Gasteiger partial charge on any atom is -0.453 e. The van der Waals surface area contributed by atoms with Crippen LogP contribution in [-0.2, 0) is 24.3 Å². The molecule has 152 valence electrons. The number of furan rings is 1. The Kier molecular flexibility index (Phi) is 5.28. The number of methoxy groups -OCH3 is 1. The zero-order valence-corrected chi connectivity index (χ0v) is 17.1. The number of hydrogen-bond acceptors (Lipinski definition) is 4. The zero-order valence-electron chi connectivity index (χ0n) is 17.1. The Labute approximate surface area is 170 Å². The van der Waals surface area contributed by atoms with Gasteiger partial charge in [-0.3, -0.25) is 9.48 Å². The van der Waals surface area contributed by atoms with Crippen LogP contribution in [-0.4, -0.2) is 22.8 Å². The summed E-state index contributed by atoms with van der Waals surface area (Å²) in [6.45, 7) is 5.54. The van der Waals surface area contributed by atoms with Crippen molar-refractivity contribution < 1.29 is 13.9 Å². The second-order valence-corrected chi connectivity index (χ2v) is 8.46. The lowest BCUT2D eigenvalue weighted by Crippen LogP contribution is -2.36. The Morgan fingerprint density at radius 2 is 2.07 bits per heavy atom. The number of fused-ring (bicyclic) bond motifs is 1. The first-order valence-corrected chi connectivity index (χ1v) is 9.92. The van der Waals surface area contributed by atoms with Crippen LogP contribution in [0.25, 0.3) is 0 Å². The van der Waals surface area contributed by atoms with E-state index in [1.807, 2.05) is 24.4 Å². The number of nitrogens with zero attached hydrogens (tertiary/aromatic N) is 2. The number of rotatable bonds is 6. The monoisotopic (exact) mass is 393 g/mol. The molecule has 0 radical (unpaired) electrons. The molecule has 0 spiro atoms. The topological polar surface area (TPSA) is 69.3 Å². The van der Waals surface area contributed by atoms with Gasteiger partial charge >= 0.3 is 0 Å². The highest BCUT2D eigenvalue weighted by Crippen LogP contribution is 2.41. The van der Waals surface area contributed by atoms with Gasteiger partial charge in [-0.1, -0.05) is 44.2 Å². The largest absolute Gasteiger partial charge is 0.453 e. The Hall–Kier alpha value is -2.86. The molecule has 4 rings (SSSR count). The summed E-state index contributed by atoms with van der Waals surface area (Å²) >= 11 is 0. The molecule has 1 aliphatic carbocycles. The Morgan fingerprint density at radius 3 is 2.83 bits per heavy atom. The first-order valence-electron chi connectivity index (χ1n) is 9.92. The van der Waals surface area contributed by atoms with Crippen LogP contribution in [0, 0.1) is 5.41 Å². The van der Waals surface area contributed by atoms with Crippen LogP contribution in [0.3, 0.4) is 0 Å². The van der Waals surface area contributed by atoms with Crippen molar-refractivity contribution in [3.63, 3.8) is 0 Å². The molecule has 0 saturated heterocycles. The molecular formula is C23H27N3O3. The summed E-state index contributed by atoms with van der Waals surface area (Å²) in [5, 5.41) is 7.80. The average Bonchev–Trinajstić information content (AvgIpc) is 3.30. The molecule has 2 heterocycles. The molecule has 1 amide bonds. The third-order valence-corrected chi connectivity index (χ3v) is 5.41. The minimum absolute atomic E-state index is 0.0593. The van der Waals surface area contributed by atoms with E-state index in [0.717, 1.165) is 24.9 Å². The van der Waals surface area contributed by atoms with Crippen molar-refractivity contribution >= 4 is 5.91 Å². The summed E-state index contributed by atoms with van der Waals surface area (Å²) in [5.41, 5.74) is 3.56. The first kappa shape index (κ1) is 19.5. The van der Waals surface area contributed by atoms with E-state index < -0.39 is 0 Å². The van der Waals surface area contributed by atoms with Crippen molar-refractivity contribution in [3.05, 3.63) is 77.0 Å². The predicted molar refractivity (Wildman–Crippen MR) is 110 cm³/mol. The highest BCUT2D eigenvalue weighted by Gasteiger charge is 2.36. The molecule has 3 aromatic rings. The van der Waals surface area contributed by atoms with Gasteiger partial charge in [0.05, 0.1) is 18.8 Å². The summed E-state index contributed by atoms with van der Waals surface area (Å²) in [4.78, 5) is 12.8. The summed E-state index contributed by atoms with van der Waals surface area (Å²) in [6.07, 6.45) is 3.69. The summed E-state index contributed by atoms with van der Waals surface area (Å²) in [5.74, 6) is 0.730. The van der Waals surface area contributed by atoms with Crippen LogP contribution < -0.4 is 5.32 Å². The Bertz CT molecular complexity index is 988. The molecular weight excluding hydrogens is 366 g/mol. The standard InChI is InChI=1S/C23H27N3O3/c1-23(2)11-19(25-22(27)21-10-9-17(29-21)15-28-3)18-13-24-26(20(18)12-23)14-16-7-5-4-6-8-16/h4-10,13,19H,11-12,14-15H2,1-3H3,(H,25,27)/t19-/m0/s1. The van der Waals surface area contributed by atoms with E-state index in [4.69, 9.17) is 9.15 Å². The number of hydrogen-bond donors (Lipinski definition) is 1. The number of ether oxygens (including phenoxy) is 1. The molecule has 0 aliphatic heterocycles. The molecule has 2 aromatic heterocycles. The maximum Gasteiger partial charge on any atom is 0.287 e. The number of carbonyl (C=O) groups excluding carboxylic acids is 1. The van der Waals surface area contributed by atoms with Crippen molar-refractivity contribution in [1.82, 2.24) is 15.1 Å². The third-order valence-electron chi connectivity index (χ3n) is 5.41. The van der Waals surface area contributed by atoms with Gasteiger partial charge in [0.1, 0.15) is 12.4 Å². The lowest BCUT2D eigenvalue weighted by atomic mass is 9.74. The van der Waals surface area contributed by atoms with E-state index in [2.05, 4.69) is 41.1 Å². The third kappa shape index (κ3) is 4.27. The first-order chi connectivity index (χ1) is 13.9. The smallest absolute Gasteiger partial charge is 0.287 e. The van der Waals surface area contributed by atoms with Crippen LogP contribution in [0.5, 0.6) is 0 Å². The molecule has 0 fully saturated rings. The van der Waals surface area contributed by atoms with Gasteiger partial charge in [-0.05, 0) is 36.0 Å². The van der Waals surface area contributed by atoms with Gasteiger partial charge < -0.3 is 14.5 Å². The van der Waals surface area contributed by atoms with E-state index in [0.29, 0.717) is 18.1 Å². The quantitative estimate of drug-likeness (QED) is 0.684. The van der Waals surface area contributed by atoms with E-state index >= 15 is 0 Å². The van der Waals surface area contributed by atoms with E-state index in [-0.39, 0.29) is 17.4 Å². The fourth-order valence-corrected chi connectivity index (χ4v) is 4.07. The van der Waals surface area contributed by atoms with E-state index in [1.165, 1.54) is 11.3 Å². The number of aromatic nitrogens is 2. The van der Waals surface area contributed by atoms with Crippen LogP contribution >= 0.6 is 0 Å². The van der Waals surface area contributed by atoms with Crippen molar-refractivity contribution in [3.8, 4) is 0 Å². The summed E-state index contributed by atoms with van der Waals surface area (Å²) < 4.78 is 12.7. The van der Waals surface area contributed by atoms with Crippen molar-refractivity contribution in [2.45, 2.75) is 45.9 Å². The number of carbonyl (C=O) groups is 1. The molecule has 6 heteroatoms. The lowest BCUT2D eigenvalue weighted by Gasteiger charge is -2.35. The molecule has 6 nitrogen and oxygen atoms in total. The highest BCUT2D eigenvalue weighted by molar-refractivity contribution is 5.91. The minimum atomic E-state index is -0.211. The van der Waals surface area contributed by atoms with Gasteiger partial charge in [0, 0.05) is 18.4 Å². The molecule has 29 heavy (non-hydrogen) atoms. The summed E-state index contributed by atoms with van der Waals surface area (Å²) in [6, 6.07) is 13.7. The molecule has 0 unspecified atom stereocenters. The molecule has 1 atom stereocenters. The van der Waals surface area contributed by atoms with Gasteiger partial charge in [-0.2, -0.15) is 5.10 Å². The number of benzene rings is 1. The zero-order chi connectivity index (χ0) is 20.4. The number of nitrogens with one attached hydrogen (secondary N) is 1. The van der Waals surface area contributed by atoms with Crippen LogP contribution in [0.4, 0.5) is 0 Å². The molecule has 1 aliphatic rings. The highest BCUT2D eigenvalue weighted by atomic mass is 16.5. The Balaban J connectivity index is 1.56. The van der Waals surface area contributed by atoms with Crippen LogP contribution in [0.2, 0.25) is 0 Å². The molecule has 1 N–H and O–H groups in total. The molecule has 0 bridgehead atoms. The molecule has 0 saturated carbocycles. The fourth-order valence-electron chi connectivity index (χ4n) is 4.07. The fraction of sp³-hybridized carbons (Fsp3) is 0.391. The number of amides is 1. The Morgan fingerprint density at radius 1 is 1.28 bits per heavy atom. The van der Waals surface area contributed by atoms with Gasteiger partial charge in [0.2, 0.25) is 0 Å². The van der Waals surface area contributed by atoms with E-state index in [1.54, 1.807) is 19.2 Å². The van der Waals surface area contributed by atoms with Crippen molar-refractivity contribution in [2.24, 2.45) is 5.41 Å². The van der Waals surface area contributed by atoms with Gasteiger partial charge in [0.15, 0.2) is 5.76 Å². The van der Waals surface area contributed by atoms with Gasteiger partial charge in [-0.25, -0.2) is 0 Å². The predicted octanol–water partition coefficient (Wildman–Crippen LogP) is 4.11. The SMILES string of the molecule is COCc1ccc(C(=O)N[C@H]2CC(C)(C)Cc3c2cnn3Cc2ccccc2)o1. The average molecular weight is 393 g/mol. The van der Waals surface area contributed by atoms with Crippen LogP contribution in [0.15, 0.2) is 53.1 Å². The maximum atomic E-state index is 12.8. The molecule has 1 aromatic carbocycles. The van der Waals surface area contributed by atoms with Crippen molar-refractivity contribution in [2.75, 3.05) is 7.11 Å². The van der Waals surface area contributed by atoms with Crippen LogP contribution in [0.1, 0.15) is 59.4 Å². The summed E-state index contributed by atoms with van der Waals surface area (Å²) in [7, 11) is 1.60. The maximum absolute atomic E-state index is 12.8. The van der Waals surface area contributed by atoms with Crippen molar-refractivity contribution in [1.29, 1.82) is 0 Å². The van der Waals surface area contributed by atoms with Gasteiger partial charge in [-0.15, -0.1) is 0 Å². The second-order valence-electron chi connectivity index (χ2n) is 8.46. The second kappa shape index (κ2) is 7.87.